The Balaban J connectivity index is 1.89. The van der Waals surface area contributed by atoms with Crippen molar-refractivity contribution in [3.05, 3.63) is 23.3 Å². The van der Waals surface area contributed by atoms with Crippen molar-refractivity contribution in [2.45, 2.75) is 46.5 Å². The Kier molecular flexibility index (Phi) is 8.03. The summed E-state index contributed by atoms with van der Waals surface area (Å²) in [7, 11) is 0. The van der Waals surface area contributed by atoms with Gasteiger partial charge in [0.25, 0.3) is 0 Å². The standard InChI is InChI=1S/C16H30N2/c1-15(2)7-6-8-16(3)9-11-17-10-4-5-12-18-13-14-18/h7,9,17H,4-6,8,10-14H2,1-3H3/b16-9+. The summed E-state index contributed by atoms with van der Waals surface area (Å²) in [6.45, 7) is 12.7. The molecule has 1 aliphatic heterocycles. The molecular weight excluding hydrogens is 220 g/mol. The summed E-state index contributed by atoms with van der Waals surface area (Å²) in [4.78, 5) is 2.49. The van der Waals surface area contributed by atoms with E-state index in [1.807, 2.05) is 0 Å². The van der Waals surface area contributed by atoms with Crippen molar-refractivity contribution in [3.63, 3.8) is 0 Å². The molecule has 1 rings (SSSR count). The summed E-state index contributed by atoms with van der Waals surface area (Å²) in [5.41, 5.74) is 2.93. The summed E-state index contributed by atoms with van der Waals surface area (Å²) in [5, 5.41) is 3.50. The van der Waals surface area contributed by atoms with E-state index in [0.717, 1.165) is 13.1 Å². The topological polar surface area (TPSA) is 15.0 Å². The van der Waals surface area contributed by atoms with Gasteiger partial charge in [0.05, 0.1) is 0 Å². The second kappa shape index (κ2) is 9.35. The van der Waals surface area contributed by atoms with E-state index in [-0.39, 0.29) is 0 Å². The molecule has 1 aliphatic rings. The van der Waals surface area contributed by atoms with E-state index in [2.05, 4.69) is 43.1 Å². The van der Waals surface area contributed by atoms with Crippen LogP contribution >= 0.6 is 0 Å². The van der Waals surface area contributed by atoms with Gasteiger partial charge in [-0.2, -0.15) is 0 Å². The SMILES string of the molecule is CC(C)=CCC/C(C)=C/CNCCCCN1CC1. The van der Waals surface area contributed by atoms with Crippen LogP contribution in [-0.2, 0) is 0 Å². The van der Waals surface area contributed by atoms with Crippen LogP contribution in [0.4, 0.5) is 0 Å². The predicted molar refractivity (Wildman–Crippen MR) is 81.0 cm³/mol. The maximum atomic E-state index is 3.50. The Morgan fingerprint density at radius 1 is 1.11 bits per heavy atom. The van der Waals surface area contributed by atoms with Crippen LogP contribution in [0.1, 0.15) is 46.5 Å². The van der Waals surface area contributed by atoms with Gasteiger partial charge in [-0.15, -0.1) is 0 Å². The summed E-state index contributed by atoms with van der Waals surface area (Å²) >= 11 is 0. The smallest absolute Gasteiger partial charge is 0.0137 e. The largest absolute Gasteiger partial charge is 0.313 e. The monoisotopic (exact) mass is 250 g/mol. The lowest BCUT2D eigenvalue weighted by Gasteiger charge is -2.04. The first-order valence-electron chi connectivity index (χ1n) is 7.40. The fourth-order valence-corrected chi connectivity index (χ4v) is 1.92. The zero-order valence-electron chi connectivity index (χ0n) is 12.5. The molecule has 0 aromatic rings. The predicted octanol–water partition coefficient (Wildman–Crippen LogP) is 3.36. The number of nitrogens with one attached hydrogen (secondary N) is 1. The van der Waals surface area contributed by atoms with Gasteiger partial charge in [-0.3, -0.25) is 0 Å². The molecule has 1 saturated heterocycles. The Bertz CT molecular complexity index is 271. The van der Waals surface area contributed by atoms with E-state index in [9.17, 15) is 0 Å². The molecule has 0 spiro atoms. The minimum Gasteiger partial charge on any atom is -0.313 e. The molecule has 0 atom stereocenters. The molecule has 0 aliphatic carbocycles. The van der Waals surface area contributed by atoms with Crippen LogP contribution in [0.3, 0.4) is 0 Å². The van der Waals surface area contributed by atoms with E-state index in [4.69, 9.17) is 0 Å². The van der Waals surface area contributed by atoms with Crippen LogP contribution in [0.5, 0.6) is 0 Å². The highest BCUT2D eigenvalue weighted by molar-refractivity contribution is 5.02. The number of hydrogen-bond acceptors (Lipinski definition) is 2. The Labute approximate surface area is 113 Å². The second-order valence-corrected chi connectivity index (χ2v) is 5.62. The number of allylic oxidation sites excluding steroid dienone is 3. The third kappa shape index (κ3) is 9.43. The Morgan fingerprint density at radius 3 is 2.56 bits per heavy atom. The van der Waals surface area contributed by atoms with Crippen molar-refractivity contribution in [2.24, 2.45) is 0 Å². The van der Waals surface area contributed by atoms with Crippen molar-refractivity contribution in [3.8, 4) is 0 Å². The molecule has 1 N–H and O–H groups in total. The van der Waals surface area contributed by atoms with Crippen molar-refractivity contribution in [1.29, 1.82) is 0 Å². The molecular formula is C16H30N2. The van der Waals surface area contributed by atoms with Crippen LogP contribution < -0.4 is 5.32 Å². The lowest BCUT2D eigenvalue weighted by Crippen LogP contribution is -2.16. The highest BCUT2D eigenvalue weighted by atomic mass is 15.2. The molecule has 0 aromatic carbocycles. The van der Waals surface area contributed by atoms with Gasteiger partial charge in [-0.05, 0) is 59.5 Å². The van der Waals surface area contributed by atoms with Gasteiger partial charge in [0, 0.05) is 19.6 Å². The molecule has 0 aromatic heterocycles. The molecule has 0 bridgehead atoms. The van der Waals surface area contributed by atoms with E-state index < -0.39 is 0 Å². The maximum Gasteiger partial charge on any atom is 0.0137 e. The summed E-state index contributed by atoms with van der Waals surface area (Å²) in [5.74, 6) is 0. The quantitative estimate of drug-likeness (QED) is 0.363. The van der Waals surface area contributed by atoms with Gasteiger partial charge in [-0.25, -0.2) is 0 Å². The van der Waals surface area contributed by atoms with E-state index in [0.29, 0.717) is 0 Å². The third-order valence-corrected chi connectivity index (χ3v) is 3.30. The summed E-state index contributed by atoms with van der Waals surface area (Å²) < 4.78 is 0. The van der Waals surface area contributed by atoms with Crippen LogP contribution in [0.2, 0.25) is 0 Å². The molecule has 18 heavy (non-hydrogen) atoms. The second-order valence-electron chi connectivity index (χ2n) is 5.62. The highest BCUT2D eigenvalue weighted by Gasteiger charge is 2.14. The van der Waals surface area contributed by atoms with E-state index in [1.165, 1.54) is 56.5 Å². The van der Waals surface area contributed by atoms with Gasteiger partial charge >= 0.3 is 0 Å². The van der Waals surface area contributed by atoms with Gasteiger partial charge in [0.1, 0.15) is 0 Å². The molecule has 2 nitrogen and oxygen atoms in total. The number of rotatable bonds is 10. The molecule has 0 saturated carbocycles. The Morgan fingerprint density at radius 2 is 1.89 bits per heavy atom. The molecule has 0 amide bonds. The molecule has 0 unspecified atom stereocenters. The fourth-order valence-electron chi connectivity index (χ4n) is 1.92. The van der Waals surface area contributed by atoms with Gasteiger partial charge in [-0.1, -0.05) is 23.3 Å². The van der Waals surface area contributed by atoms with Gasteiger partial charge in [0.2, 0.25) is 0 Å². The van der Waals surface area contributed by atoms with Crippen LogP contribution in [0, 0.1) is 0 Å². The fraction of sp³-hybridized carbons (Fsp3) is 0.750. The van der Waals surface area contributed by atoms with Crippen molar-refractivity contribution < 1.29 is 0 Å². The average molecular weight is 250 g/mol. The number of unbranched alkanes of at least 4 members (excludes halogenated alkanes) is 1. The molecule has 2 heteroatoms. The van der Waals surface area contributed by atoms with E-state index >= 15 is 0 Å². The normalized spacial score (nSPS) is 15.8. The molecule has 104 valence electrons. The number of hydrogen-bond donors (Lipinski definition) is 1. The first kappa shape index (κ1) is 15.5. The minimum absolute atomic E-state index is 1.03. The van der Waals surface area contributed by atoms with Crippen molar-refractivity contribution in [1.82, 2.24) is 10.2 Å². The lowest BCUT2D eigenvalue weighted by atomic mass is 10.1. The average Bonchev–Trinajstić information content (AvgIpc) is 3.11. The highest BCUT2D eigenvalue weighted by Crippen LogP contribution is 2.06. The zero-order chi connectivity index (χ0) is 13.2. The van der Waals surface area contributed by atoms with Gasteiger partial charge < -0.3 is 10.2 Å². The van der Waals surface area contributed by atoms with Crippen LogP contribution in [-0.4, -0.2) is 37.6 Å². The first-order valence-corrected chi connectivity index (χ1v) is 7.40. The Hall–Kier alpha value is -0.600. The first-order chi connectivity index (χ1) is 8.68. The summed E-state index contributed by atoms with van der Waals surface area (Å²) in [6.07, 6.45) is 9.68. The zero-order valence-corrected chi connectivity index (χ0v) is 12.5. The van der Waals surface area contributed by atoms with Crippen molar-refractivity contribution >= 4 is 0 Å². The minimum atomic E-state index is 1.03. The lowest BCUT2D eigenvalue weighted by molar-refractivity contribution is 0.512. The summed E-state index contributed by atoms with van der Waals surface area (Å²) in [6, 6.07) is 0. The van der Waals surface area contributed by atoms with Crippen LogP contribution in [0.25, 0.3) is 0 Å². The van der Waals surface area contributed by atoms with Crippen LogP contribution in [0.15, 0.2) is 23.3 Å². The maximum absolute atomic E-state index is 3.50. The van der Waals surface area contributed by atoms with Gasteiger partial charge in [0.15, 0.2) is 0 Å². The molecule has 1 fully saturated rings. The number of nitrogens with zero attached hydrogens (tertiary/aromatic N) is 1. The van der Waals surface area contributed by atoms with Crippen molar-refractivity contribution in [2.75, 3.05) is 32.7 Å². The molecule has 0 radical (unpaired) electrons. The molecule has 1 heterocycles. The van der Waals surface area contributed by atoms with E-state index in [1.54, 1.807) is 0 Å². The third-order valence-electron chi connectivity index (χ3n) is 3.30.